The van der Waals surface area contributed by atoms with E-state index < -0.39 is 0 Å². The highest BCUT2D eigenvalue weighted by Crippen LogP contribution is 2.27. The standard InChI is InChI=1S/C16H26N2O/c1-3-14-7-4-6-13(2)16(14)18-10-5-9-17-15(12-18)8-11-19/h4,6-7,15,17,19H,3,5,8-12H2,1-2H3. The van der Waals surface area contributed by atoms with Crippen molar-refractivity contribution in [2.75, 3.05) is 31.1 Å². The zero-order valence-electron chi connectivity index (χ0n) is 12.2. The molecule has 0 spiro atoms. The molecule has 2 rings (SSSR count). The van der Waals surface area contributed by atoms with Crippen LogP contribution in [-0.2, 0) is 6.42 Å². The Bertz CT molecular complexity index is 406. The number of nitrogens with zero attached hydrogens (tertiary/aromatic N) is 1. The van der Waals surface area contributed by atoms with Gasteiger partial charge in [0.15, 0.2) is 0 Å². The lowest BCUT2D eigenvalue weighted by Crippen LogP contribution is -2.38. The highest BCUT2D eigenvalue weighted by atomic mass is 16.3. The minimum Gasteiger partial charge on any atom is -0.396 e. The molecule has 1 aromatic rings. The van der Waals surface area contributed by atoms with Crippen molar-refractivity contribution in [1.29, 1.82) is 0 Å². The van der Waals surface area contributed by atoms with E-state index in [9.17, 15) is 0 Å². The summed E-state index contributed by atoms with van der Waals surface area (Å²) in [5, 5.41) is 12.7. The molecule has 106 valence electrons. The van der Waals surface area contributed by atoms with E-state index in [4.69, 9.17) is 5.11 Å². The Balaban J connectivity index is 2.23. The molecule has 1 fully saturated rings. The molecule has 1 heterocycles. The van der Waals surface area contributed by atoms with Crippen LogP contribution in [0.2, 0.25) is 0 Å². The minimum absolute atomic E-state index is 0.264. The smallest absolute Gasteiger partial charge is 0.0446 e. The third kappa shape index (κ3) is 3.48. The Morgan fingerprint density at radius 2 is 2.26 bits per heavy atom. The first-order valence-electron chi connectivity index (χ1n) is 7.44. The van der Waals surface area contributed by atoms with Crippen LogP contribution >= 0.6 is 0 Å². The predicted molar refractivity (Wildman–Crippen MR) is 80.9 cm³/mol. The van der Waals surface area contributed by atoms with Crippen LogP contribution in [0.5, 0.6) is 0 Å². The second-order valence-electron chi connectivity index (χ2n) is 5.40. The van der Waals surface area contributed by atoms with Gasteiger partial charge in [0, 0.05) is 31.4 Å². The summed E-state index contributed by atoms with van der Waals surface area (Å²) in [6.45, 7) is 7.84. The van der Waals surface area contributed by atoms with Crippen molar-refractivity contribution in [2.45, 2.75) is 39.2 Å². The Hall–Kier alpha value is -1.06. The van der Waals surface area contributed by atoms with Gasteiger partial charge in [-0.2, -0.15) is 0 Å². The monoisotopic (exact) mass is 262 g/mol. The highest BCUT2D eigenvalue weighted by molar-refractivity contribution is 5.59. The molecule has 1 aliphatic rings. The quantitative estimate of drug-likeness (QED) is 0.872. The minimum atomic E-state index is 0.264. The zero-order chi connectivity index (χ0) is 13.7. The van der Waals surface area contributed by atoms with Crippen LogP contribution in [0.15, 0.2) is 18.2 Å². The molecule has 1 saturated heterocycles. The van der Waals surface area contributed by atoms with Crippen LogP contribution in [0, 0.1) is 6.92 Å². The van der Waals surface area contributed by atoms with Crippen LogP contribution in [0.3, 0.4) is 0 Å². The van der Waals surface area contributed by atoms with E-state index in [0.717, 1.165) is 32.5 Å². The van der Waals surface area contributed by atoms with Crippen molar-refractivity contribution < 1.29 is 5.11 Å². The molecule has 0 saturated carbocycles. The first-order valence-corrected chi connectivity index (χ1v) is 7.44. The fraction of sp³-hybridized carbons (Fsp3) is 0.625. The number of rotatable bonds is 4. The normalized spacial score (nSPS) is 20.4. The zero-order valence-corrected chi connectivity index (χ0v) is 12.2. The number of para-hydroxylation sites is 1. The fourth-order valence-electron chi connectivity index (χ4n) is 3.01. The van der Waals surface area contributed by atoms with Crippen molar-refractivity contribution in [2.24, 2.45) is 0 Å². The van der Waals surface area contributed by atoms with Crippen molar-refractivity contribution in [3.63, 3.8) is 0 Å². The molecule has 19 heavy (non-hydrogen) atoms. The van der Waals surface area contributed by atoms with Gasteiger partial charge < -0.3 is 15.3 Å². The lowest BCUT2D eigenvalue weighted by atomic mass is 10.0. The summed E-state index contributed by atoms with van der Waals surface area (Å²) in [5.74, 6) is 0. The predicted octanol–water partition coefficient (Wildman–Crippen LogP) is 2.11. The molecule has 1 aromatic carbocycles. The molecule has 3 heteroatoms. The molecule has 0 radical (unpaired) electrons. The Morgan fingerprint density at radius 1 is 1.42 bits per heavy atom. The van der Waals surface area contributed by atoms with Gasteiger partial charge in [-0.1, -0.05) is 25.1 Å². The topological polar surface area (TPSA) is 35.5 Å². The molecule has 2 N–H and O–H groups in total. The molecule has 1 aliphatic heterocycles. The van der Waals surface area contributed by atoms with E-state index in [0.29, 0.717) is 6.04 Å². The number of anilines is 1. The number of aliphatic hydroxyl groups is 1. The molecule has 1 unspecified atom stereocenters. The van der Waals surface area contributed by atoms with Gasteiger partial charge in [0.25, 0.3) is 0 Å². The maximum atomic E-state index is 9.16. The third-order valence-electron chi connectivity index (χ3n) is 3.97. The summed E-state index contributed by atoms with van der Waals surface area (Å²) >= 11 is 0. The largest absolute Gasteiger partial charge is 0.396 e. The lowest BCUT2D eigenvalue weighted by Gasteiger charge is -2.29. The molecule has 3 nitrogen and oxygen atoms in total. The molecular weight excluding hydrogens is 236 g/mol. The second kappa shape index (κ2) is 6.92. The van der Waals surface area contributed by atoms with Gasteiger partial charge in [0.05, 0.1) is 0 Å². The molecular formula is C16H26N2O. The van der Waals surface area contributed by atoms with Crippen LogP contribution < -0.4 is 10.2 Å². The van der Waals surface area contributed by atoms with Crippen LogP contribution in [0.1, 0.15) is 30.9 Å². The van der Waals surface area contributed by atoms with E-state index in [-0.39, 0.29) is 6.61 Å². The van der Waals surface area contributed by atoms with Gasteiger partial charge >= 0.3 is 0 Å². The Morgan fingerprint density at radius 3 is 3.00 bits per heavy atom. The molecule has 0 bridgehead atoms. The maximum Gasteiger partial charge on any atom is 0.0446 e. The molecule has 0 amide bonds. The number of nitrogens with one attached hydrogen (secondary N) is 1. The Kier molecular flexibility index (Phi) is 5.23. The molecule has 0 aliphatic carbocycles. The van der Waals surface area contributed by atoms with E-state index >= 15 is 0 Å². The summed E-state index contributed by atoms with van der Waals surface area (Å²) in [5.41, 5.74) is 4.21. The highest BCUT2D eigenvalue weighted by Gasteiger charge is 2.20. The van der Waals surface area contributed by atoms with Crippen molar-refractivity contribution in [3.05, 3.63) is 29.3 Å². The van der Waals surface area contributed by atoms with Crippen molar-refractivity contribution in [3.8, 4) is 0 Å². The van der Waals surface area contributed by atoms with Crippen molar-refractivity contribution in [1.82, 2.24) is 5.32 Å². The summed E-state index contributed by atoms with van der Waals surface area (Å²) in [4.78, 5) is 2.51. The van der Waals surface area contributed by atoms with E-state index in [1.54, 1.807) is 0 Å². The second-order valence-corrected chi connectivity index (χ2v) is 5.40. The van der Waals surface area contributed by atoms with Gasteiger partial charge in [-0.3, -0.25) is 0 Å². The van der Waals surface area contributed by atoms with Crippen LogP contribution in [0.25, 0.3) is 0 Å². The summed E-state index contributed by atoms with van der Waals surface area (Å²) < 4.78 is 0. The van der Waals surface area contributed by atoms with Gasteiger partial charge in [-0.05, 0) is 43.9 Å². The summed E-state index contributed by atoms with van der Waals surface area (Å²) in [7, 11) is 0. The van der Waals surface area contributed by atoms with E-state index in [1.807, 2.05) is 0 Å². The Labute approximate surface area is 116 Å². The number of benzene rings is 1. The van der Waals surface area contributed by atoms with Crippen LogP contribution in [0.4, 0.5) is 5.69 Å². The lowest BCUT2D eigenvalue weighted by molar-refractivity contribution is 0.267. The van der Waals surface area contributed by atoms with Gasteiger partial charge in [0.1, 0.15) is 0 Å². The van der Waals surface area contributed by atoms with Crippen LogP contribution in [-0.4, -0.2) is 37.4 Å². The number of aliphatic hydroxyl groups excluding tert-OH is 1. The maximum absolute atomic E-state index is 9.16. The number of aryl methyl sites for hydroxylation is 2. The summed E-state index contributed by atoms with van der Waals surface area (Å²) in [6, 6.07) is 6.99. The van der Waals surface area contributed by atoms with Gasteiger partial charge in [-0.25, -0.2) is 0 Å². The summed E-state index contributed by atoms with van der Waals surface area (Å²) in [6.07, 6.45) is 3.08. The first-order chi connectivity index (χ1) is 9.26. The molecule has 1 atom stereocenters. The molecule has 0 aromatic heterocycles. The number of hydrogen-bond acceptors (Lipinski definition) is 3. The average molecular weight is 262 g/mol. The van der Waals surface area contributed by atoms with Gasteiger partial charge in [-0.15, -0.1) is 0 Å². The SMILES string of the molecule is CCc1cccc(C)c1N1CCCNC(CCO)C1. The third-order valence-corrected chi connectivity index (χ3v) is 3.97. The van der Waals surface area contributed by atoms with Crippen molar-refractivity contribution >= 4 is 5.69 Å². The first kappa shape index (κ1) is 14.4. The van der Waals surface area contributed by atoms with E-state index in [2.05, 4.69) is 42.3 Å². The fourth-order valence-corrected chi connectivity index (χ4v) is 3.01. The number of hydrogen-bond donors (Lipinski definition) is 2. The average Bonchev–Trinajstić information content (AvgIpc) is 2.64. The van der Waals surface area contributed by atoms with E-state index in [1.165, 1.54) is 23.2 Å². The van der Waals surface area contributed by atoms with Gasteiger partial charge in [0.2, 0.25) is 0 Å².